The lowest BCUT2D eigenvalue weighted by molar-refractivity contribution is 0.144. The first-order valence-corrected chi connectivity index (χ1v) is 14.0. The van der Waals surface area contributed by atoms with Gasteiger partial charge in [-0.3, -0.25) is 4.90 Å². The Morgan fingerprint density at radius 2 is 1.65 bits per heavy atom. The zero-order valence-electron chi connectivity index (χ0n) is 25.3. The summed E-state index contributed by atoms with van der Waals surface area (Å²) in [5.41, 5.74) is 1.19. The minimum atomic E-state index is -1.19. The fourth-order valence-electron chi connectivity index (χ4n) is 4.74. The third-order valence-corrected chi connectivity index (χ3v) is 7.14. The predicted molar refractivity (Wildman–Crippen MR) is 163 cm³/mol. The predicted octanol–water partition coefficient (Wildman–Crippen LogP) is 3.96. The maximum absolute atomic E-state index is 12.3. The van der Waals surface area contributed by atoms with Crippen LogP contribution in [0.15, 0.2) is 42.6 Å². The van der Waals surface area contributed by atoms with Gasteiger partial charge in [-0.2, -0.15) is 4.98 Å². The molecule has 0 aliphatic carbocycles. The van der Waals surface area contributed by atoms with Gasteiger partial charge in [-0.15, -0.1) is 0 Å². The summed E-state index contributed by atoms with van der Waals surface area (Å²) >= 11 is 0. The summed E-state index contributed by atoms with van der Waals surface area (Å²) in [4.78, 5) is 26.9. The zero-order valence-corrected chi connectivity index (χ0v) is 25.3. The van der Waals surface area contributed by atoms with Gasteiger partial charge < -0.3 is 43.9 Å². The van der Waals surface area contributed by atoms with Crippen LogP contribution in [0.5, 0.6) is 28.7 Å². The van der Waals surface area contributed by atoms with E-state index in [0.29, 0.717) is 46.6 Å². The van der Waals surface area contributed by atoms with Crippen LogP contribution < -0.4 is 33.9 Å². The number of nitrogens with one attached hydrogen (secondary N) is 1. The van der Waals surface area contributed by atoms with Crippen LogP contribution in [0.25, 0.3) is 0 Å². The van der Waals surface area contributed by atoms with E-state index in [-0.39, 0.29) is 18.3 Å². The molecule has 1 amide bonds. The lowest BCUT2D eigenvalue weighted by Crippen LogP contribution is -2.44. The maximum atomic E-state index is 12.3. The van der Waals surface area contributed by atoms with E-state index < -0.39 is 6.09 Å². The van der Waals surface area contributed by atoms with Crippen molar-refractivity contribution >= 4 is 23.5 Å². The first kappa shape index (κ1) is 31.4. The number of aromatic nitrogens is 2. The number of anilines is 3. The molecule has 1 fully saturated rings. The summed E-state index contributed by atoms with van der Waals surface area (Å²) in [5.74, 6) is 2.94. The molecule has 13 nitrogen and oxygen atoms in total. The molecule has 13 heteroatoms. The highest BCUT2D eigenvalue weighted by Crippen LogP contribution is 2.41. The van der Waals surface area contributed by atoms with E-state index in [1.807, 2.05) is 0 Å². The third kappa shape index (κ3) is 8.30. The molecule has 1 aliphatic rings. The van der Waals surface area contributed by atoms with Gasteiger partial charge in [0, 0.05) is 62.3 Å². The average molecular weight is 597 g/mol. The molecule has 0 spiro atoms. The monoisotopic (exact) mass is 596 g/mol. The number of hydrogen-bond donors (Lipinski definition) is 2. The topological polar surface area (TPSA) is 131 Å². The Morgan fingerprint density at radius 3 is 2.28 bits per heavy atom. The Kier molecular flexibility index (Phi) is 11.1. The first-order chi connectivity index (χ1) is 20.8. The van der Waals surface area contributed by atoms with Crippen LogP contribution >= 0.6 is 0 Å². The molecule has 232 valence electrons. The Morgan fingerprint density at radius 1 is 0.953 bits per heavy atom. The molecule has 43 heavy (non-hydrogen) atoms. The number of benzene rings is 2. The van der Waals surface area contributed by atoms with Crippen LogP contribution in [-0.4, -0.2) is 106 Å². The second-order valence-corrected chi connectivity index (χ2v) is 9.97. The Bertz CT molecular complexity index is 1340. The molecule has 4 rings (SSSR count). The average Bonchev–Trinajstić information content (AvgIpc) is 3.02. The fourth-order valence-corrected chi connectivity index (χ4v) is 4.74. The number of hydrogen-bond acceptors (Lipinski definition) is 11. The molecule has 0 unspecified atom stereocenters. The van der Waals surface area contributed by atoms with Crippen molar-refractivity contribution in [3.8, 4) is 28.7 Å². The van der Waals surface area contributed by atoms with Crippen molar-refractivity contribution in [2.45, 2.75) is 13.0 Å². The lowest BCUT2D eigenvalue weighted by Gasteiger charge is -2.32. The van der Waals surface area contributed by atoms with Gasteiger partial charge in [0.05, 0.1) is 41.6 Å². The highest BCUT2D eigenvalue weighted by Gasteiger charge is 2.21. The van der Waals surface area contributed by atoms with E-state index in [1.54, 1.807) is 51.7 Å². The molecule has 2 heterocycles. The Labute approximate surface area is 251 Å². The normalized spacial score (nSPS) is 13.7. The number of carboxylic acid groups (broad SMARTS) is 1. The summed E-state index contributed by atoms with van der Waals surface area (Å²) in [6.45, 7) is 5.74. The number of methoxy groups -OCH3 is 4. The molecule has 1 aromatic heterocycles. The van der Waals surface area contributed by atoms with Crippen LogP contribution in [0.4, 0.5) is 22.2 Å². The first-order valence-electron chi connectivity index (χ1n) is 14.0. The SMILES string of the molecule is COc1ccc(OC)c(CN(C(=O)O)c2ccnc(Nc3cc(OC)c(OCCCN4CCN(C)CC4)c(OC)c3)n2)c1. The van der Waals surface area contributed by atoms with Crippen molar-refractivity contribution in [3.63, 3.8) is 0 Å². The van der Waals surface area contributed by atoms with E-state index >= 15 is 0 Å². The molecule has 2 aromatic carbocycles. The molecule has 0 bridgehead atoms. The molecule has 0 radical (unpaired) electrons. The van der Waals surface area contributed by atoms with Crippen LogP contribution in [0, 0.1) is 0 Å². The number of amides is 1. The smallest absolute Gasteiger partial charge is 0.413 e. The molecular formula is C30H40N6O7. The Hall–Kier alpha value is -4.49. The van der Waals surface area contributed by atoms with Crippen molar-refractivity contribution in [2.75, 3.05) is 85.0 Å². The van der Waals surface area contributed by atoms with Crippen LogP contribution in [0.2, 0.25) is 0 Å². The van der Waals surface area contributed by atoms with Gasteiger partial charge >= 0.3 is 6.09 Å². The van der Waals surface area contributed by atoms with Gasteiger partial charge in [0.15, 0.2) is 11.5 Å². The van der Waals surface area contributed by atoms with E-state index in [9.17, 15) is 9.90 Å². The van der Waals surface area contributed by atoms with E-state index in [2.05, 4.69) is 32.1 Å². The zero-order chi connectivity index (χ0) is 30.8. The number of rotatable bonds is 14. The van der Waals surface area contributed by atoms with E-state index in [1.165, 1.54) is 19.4 Å². The quantitative estimate of drug-likeness (QED) is 0.261. The van der Waals surface area contributed by atoms with Crippen molar-refractivity contribution in [2.24, 2.45) is 0 Å². The van der Waals surface area contributed by atoms with Gasteiger partial charge in [-0.05, 0) is 37.7 Å². The van der Waals surface area contributed by atoms with Gasteiger partial charge in [-0.25, -0.2) is 9.78 Å². The molecule has 1 saturated heterocycles. The van der Waals surface area contributed by atoms with Crippen molar-refractivity contribution < 1.29 is 33.6 Å². The highest BCUT2D eigenvalue weighted by molar-refractivity contribution is 5.85. The fraction of sp³-hybridized carbons (Fsp3) is 0.433. The summed E-state index contributed by atoms with van der Waals surface area (Å²) in [5, 5.41) is 13.1. The molecule has 3 aromatic rings. The number of carbonyl (C=O) groups is 1. The minimum absolute atomic E-state index is 0.0192. The van der Waals surface area contributed by atoms with Crippen molar-refractivity contribution in [3.05, 3.63) is 48.2 Å². The largest absolute Gasteiger partial charge is 0.497 e. The van der Waals surface area contributed by atoms with E-state index in [0.717, 1.165) is 44.0 Å². The minimum Gasteiger partial charge on any atom is -0.497 e. The summed E-state index contributed by atoms with van der Waals surface area (Å²) in [7, 11) is 8.33. The molecule has 0 atom stereocenters. The van der Waals surface area contributed by atoms with Crippen molar-refractivity contribution in [1.29, 1.82) is 0 Å². The van der Waals surface area contributed by atoms with Crippen LogP contribution in [-0.2, 0) is 6.54 Å². The number of likely N-dealkylation sites (N-methyl/N-ethyl adjacent to an activating group) is 1. The second-order valence-electron chi connectivity index (χ2n) is 9.97. The van der Waals surface area contributed by atoms with Crippen LogP contribution in [0.1, 0.15) is 12.0 Å². The Balaban J connectivity index is 1.47. The lowest BCUT2D eigenvalue weighted by atomic mass is 10.1. The standard InChI is InChI=1S/C30H40N6O7/c1-34-12-14-35(15-13-34)11-6-16-43-28-25(41-4)18-22(19-26(28)42-5)32-29-31-10-9-27(33-29)36(30(37)38)20-21-17-23(39-2)7-8-24(21)40-3/h7-10,17-19H,6,11-16,20H2,1-5H3,(H,37,38)(H,31,32,33). The molecular weight excluding hydrogens is 556 g/mol. The number of nitrogens with zero attached hydrogens (tertiary/aromatic N) is 5. The molecule has 0 saturated carbocycles. The number of piperazine rings is 1. The molecule has 2 N–H and O–H groups in total. The van der Waals surface area contributed by atoms with Gasteiger partial charge in [0.1, 0.15) is 17.3 Å². The maximum Gasteiger partial charge on any atom is 0.413 e. The van der Waals surface area contributed by atoms with Gasteiger partial charge in [0.2, 0.25) is 11.7 Å². The second kappa shape index (κ2) is 15.1. The summed E-state index contributed by atoms with van der Waals surface area (Å²) < 4.78 is 28.1. The van der Waals surface area contributed by atoms with Crippen LogP contribution in [0.3, 0.4) is 0 Å². The van der Waals surface area contributed by atoms with Crippen molar-refractivity contribution in [1.82, 2.24) is 19.8 Å². The van der Waals surface area contributed by atoms with E-state index in [4.69, 9.17) is 23.7 Å². The highest BCUT2D eigenvalue weighted by atomic mass is 16.5. The summed E-state index contributed by atoms with van der Waals surface area (Å²) in [6, 6.07) is 10.2. The van der Waals surface area contributed by atoms with Gasteiger partial charge in [-0.1, -0.05) is 0 Å². The number of ether oxygens (including phenoxy) is 5. The van der Waals surface area contributed by atoms with Gasteiger partial charge in [0.25, 0.3) is 0 Å². The summed E-state index contributed by atoms with van der Waals surface area (Å²) in [6.07, 6.45) is 1.17. The third-order valence-electron chi connectivity index (χ3n) is 7.14. The molecule has 1 aliphatic heterocycles.